The number of nitrogens with one attached hydrogen (secondary N) is 2. The lowest BCUT2D eigenvalue weighted by Crippen LogP contribution is -2.49. The maximum Gasteiger partial charge on any atom is 0.408 e. The van der Waals surface area contributed by atoms with Crippen LogP contribution in [0.2, 0.25) is 0 Å². The zero-order valence-electron chi connectivity index (χ0n) is 21.6. The summed E-state index contributed by atoms with van der Waals surface area (Å²) in [5.41, 5.74) is 3.04. The van der Waals surface area contributed by atoms with Gasteiger partial charge in [0.05, 0.1) is 0 Å². The Morgan fingerprint density at radius 3 is 2.31 bits per heavy atom. The van der Waals surface area contributed by atoms with Crippen LogP contribution in [0.4, 0.5) is 4.79 Å². The highest BCUT2D eigenvalue weighted by molar-refractivity contribution is 5.91. The van der Waals surface area contributed by atoms with Crippen molar-refractivity contribution in [2.45, 2.75) is 72.2 Å². The van der Waals surface area contributed by atoms with Crippen molar-refractivity contribution in [2.75, 3.05) is 6.54 Å². The van der Waals surface area contributed by atoms with Gasteiger partial charge in [-0.25, -0.2) is 4.79 Å². The second kappa shape index (κ2) is 10.9. The van der Waals surface area contributed by atoms with Crippen molar-refractivity contribution in [1.82, 2.24) is 15.5 Å². The molecule has 0 aliphatic heterocycles. The number of ether oxygens (including phenoxy) is 1. The van der Waals surface area contributed by atoms with E-state index < -0.39 is 17.7 Å². The number of carbonyl (C=O) groups excluding carboxylic acids is 3. The van der Waals surface area contributed by atoms with Crippen LogP contribution in [0.25, 0.3) is 0 Å². The molecule has 35 heavy (non-hydrogen) atoms. The van der Waals surface area contributed by atoms with Crippen LogP contribution in [0.3, 0.4) is 0 Å². The van der Waals surface area contributed by atoms with Crippen LogP contribution in [-0.2, 0) is 20.9 Å². The molecular formula is C28H37N3O4. The summed E-state index contributed by atoms with van der Waals surface area (Å²) in [7, 11) is 0. The molecule has 1 aliphatic carbocycles. The van der Waals surface area contributed by atoms with Gasteiger partial charge in [0.2, 0.25) is 11.8 Å². The molecule has 2 N–H and O–H groups in total. The van der Waals surface area contributed by atoms with Crippen LogP contribution < -0.4 is 10.6 Å². The first kappa shape index (κ1) is 26.3. The van der Waals surface area contributed by atoms with Crippen molar-refractivity contribution in [3.05, 3.63) is 70.8 Å². The Morgan fingerprint density at radius 2 is 1.71 bits per heavy atom. The van der Waals surface area contributed by atoms with Gasteiger partial charge in [0.15, 0.2) is 0 Å². The maximum atomic E-state index is 13.7. The molecular weight excluding hydrogens is 442 g/mol. The van der Waals surface area contributed by atoms with Crippen molar-refractivity contribution in [2.24, 2.45) is 5.92 Å². The van der Waals surface area contributed by atoms with E-state index in [1.807, 2.05) is 62.4 Å². The standard InChI is InChI=1S/C28H37N3O4/c1-18-12-13-19(2)22(14-18)25(26(33)29-16-21-10-8-7-9-11-21)31(23-15-20(23)3)24(32)17-30-27(34)35-28(4,5)6/h7-14,20,23,25H,15-17H2,1-6H3,(H,29,33)(H,30,34). The minimum Gasteiger partial charge on any atom is -0.444 e. The van der Waals surface area contributed by atoms with E-state index in [0.717, 1.165) is 28.7 Å². The van der Waals surface area contributed by atoms with E-state index >= 15 is 0 Å². The highest BCUT2D eigenvalue weighted by Gasteiger charge is 2.46. The molecule has 2 aromatic carbocycles. The average Bonchev–Trinajstić information content (AvgIpc) is 3.51. The first-order chi connectivity index (χ1) is 16.5. The Kier molecular flexibility index (Phi) is 8.20. The fourth-order valence-electron chi connectivity index (χ4n) is 4.12. The zero-order valence-corrected chi connectivity index (χ0v) is 21.6. The first-order valence-electron chi connectivity index (χ1n) is 12.1. The molecule has 1 saturated carbocycles. The summed E-state index contributed by atoms with van der Waals surface area (Å²) in [6.07, 6.45) is 0.150. The quantitative estimate of drug-likeness (QED) is 0.587. The lowest BCUT2D eigenvalue weighted by Gasteiger charge is -2.33. The molecule has 0 saturated heterocycles. The highest BCUT2D eigenvalue weighted by Crippen LogP contribution is 2.41. The molecule has 3 atom stereocenters. The molecule has 3 rings (SSSR count). The molecule has 0 radical (unpaired) electrons. The van der Waals surface area contributed by atoms with Gasteiger partial charge in [0.25, 0.3) is 0 Å². The fraction of sp³-hybridized carbons (Fsp3) is 0.464. The predicted octanol–water partition coefficient (Wildman–Crippen LogP) is 4.42. The summed E-state index contributed by atoms with van der Waals surface area (Å²) < 4.78 is 5.28. The minimum atomic E-state index is -0.804. The molecule has 7 nitrogen and oxygen atoms in total. The fourth-order valence-corrected chi connectivity index (χ4v) is 4.12. The van der Waals surface area contributed by atoms with Crippen molar-refractivity contribution in [1.29, 1.82) is 0 Å². The molecule has 0 heterocycles. The SMILES string of the molecule is Cc1ccc(C)c(C(C(=O)NCc2ccccc2)N(C(=O)CNC(=O)OC(C)(C)C)C2CC2C)c1. The van der Waals surface area contributed by atoms with Crippen LogP contribution in [0, 0.1) is 19.8 Å². The summed E-state index contributed by atoms with van der Waals surface area (Å²) in [5, 5.41) is 5.59. The Morgan fingerprint density at radius 1 is 1.06 bits per heavy atom. The molecule has 188 valence electrons. The van der Waals surface area contributed by atoms with Crippen LogP contribution in [0.15, 0.2) is 48.5 Å². The Hall–Kier alpha value is -3.35. The van der Waals surface area contributed by atoms with E-state index in [1.54, 1.807) is 25.7 Å². The molecule has 2 aromatic rings. The van der Waals surface area contributed by atoms with E-state index in [2.05, 4.69) is 17.6 Å². The normalized spacial score (nSPS) is 17.8. The van der Waals surface area contributed by atoms with Crippen molar-refractivity contribution in [3.8, 4) is 0 Å². The van der Waals surface area contributed by atoms with Gasteiger partial charge in [-0.2, -0.15) is 0 Å². The number of carbonyl (C=O) groups is 3. The van der Waals surface area contributed by atoms with Gasteiger partial charge in [-0.05, 0) is 63.6 Å². The molecule has 0 bridgehead atoms. The van der Waals surface area contributed by atoms with E-state index in [0.29, 0.717) is 6.54 Å². The summed E-state index contributed by atoms with van der Waals surface area (Å²) in [5.74, 6) is -0.284. The van der Waals surface area contributed by atoms with Gasteiger partial charge < -0.3 is 20.3 Å². The van der Waals surface area contributed by atoms with Gasteiger partial charge in [-0.15, -0.1) is 0 Å². The van der Waals surface area contributed by atoms with Crippen molar-refractivity contribution in [3.63, 3.8) is 0 Å². The maximum absolute atomic E-state index is 13.7. The van der Waals surface area contributed by atoms with E-state index in [-0.39, 0.29) is 30.3 Å². The Balaban J connectivity index is 1.88. The number of benzene rings is 2. The molecule has 1 aliphatic rings. The third kappa shape index (κ3) is 7.31. The number of hydrogen-bond donors (Lipinski definition) is 2. The number of aryl methyl sites for hydroxylation is 2. The van der Waals surface area contributed by atoms with Gasteiger partial charge in [-0.1, -0.05) is 61.0 Å². The van der Waals surface area contributed by atoms with E-state index in [1.165, 1.54) is 0 Å². The zero-order chi connectivity index (χ0) is 25.8. The van der Waals surface area contributed by atoms with Gasteiger partial charge >= 0.3 is 6.09 Å². The van der Waals surface area contributed by atoms with E-state index in [4.69, 9.17) is 4.74 Å². The third-order valence-electron chi connectivity index (χ3n) is 6.06. The summed E-state index contributed by atoms with van der Waals surface area (Å²) in [4.78, 5) is 41.0. The van der Waals surface area contributed by atoms with E-state index in [9.17, 15) is 14.4 Å². The van der Waals surface area contributed by atoms with Gasteiger partial charge in [0, 0.05) is 12.6 Å². The molecule has 0 spiro atoms. The summed E-state index contributed by atoms with van der Waals surface area (Å²) in [6, 6.07) is 14.7. The lowest BCUT2D eigenvalue weighted by molar-refractivity contribution is -0.141. The number of alkyl carbamates (subject to hydrolysis) is 1. The second-order valence-electron chi connectivity index (χ2n) is 10.4. The number of amides is 3. The summed E-state index contributed by atoms with van der Waals surface area (Å²) in [6.45, 7) is 11.4. The molecule has 7 heteroatoms. The van der Waals surface area contributed by atoms with Crippen LogP contribution >= 0.6 is 0 Å². The lowest BCUT2D eigenvalue weighted by atomic mass is 9.96. The van der Waals surface area contributed by atoms with Crippen LogP contribution in [0.1, 0.15) is 62.4 Å². The first-order valence-corrected chi connectivity index (χ1v) is 12.1. The van der Waals surface area contributed by atoms with Crippen molar-refractivity contribution >= 4 is 17.9 Å². The molecule has 3 amide bonds. The van der Waals surface area contributed by atoms with Gasteiger partial charge in [0.1, 0.15) is 18.2 Å². The molecule has 1 fully saturated rings. The monoisotopic (exact) mass is 479 g/mol. The topological polar surface area (TPSA) is 87.7 Å². The second-order valence-corrected chi connectivity index (χ2v) is 10.4. The Bertz CT molecular complexity index is 1060. The number of nitrogens with zero attached hydrogens (tertiary/aromatic N) is 1. The smallest absolute Gasteiger partial charge is 0.408 e. The number of rotatable bonds is 8. The van der Waals surface area contributed by atoms with Crippen LogP contribution in [-0.4, -0.2) is 41.0 Å². The predicted molar refractivity (Wildman–Crippen MR) is 136 cm³/mol. The minimum absolute atomic E-state index is 0.0738. The average molecular weight is 480 g/mol. The highest BCUT2D eigenvalue weighted by atomic mass is 16.6. The third-order valence-corrected chi connectivity index (χ3v) is 6.06. The largest absolute Gasteiger partial charge is 0.444 e. The van der Waals surface area contributed by atoms with Crippen molar-refractivity contribution < 1.29 is 19.1 Å². The molecule has 3 unspecified atom stereocenters. The van der Waals surface area contributed by atoms with Crippen LogP contribution in [0.5, 0.6) is 0 Å². The Labute approximate surface area is 208 Å². The van der Waals surface area contributed by atoms with Gasteiger partial charge in [-0.3, -0.25) is 9.59 Å². The summed E-state index contributed by atoms with van der Waals surface area (Å²) >= 11 is 0. The molecule has 0 aromatic heterocycles. The number of hydrogen-bond acceptors (Lipinski definition) is 4.